The highest BCUT2D eigenvalue weighted by Crippen LogP contribution is 2.30. The van der Waals surface area contributed by atoms with Crippen LogP contribution in [-0.4, -0.2) is 37.6 Å². The number of anilines is 1. The molecule has 0 saturated heterocycles. The molecular weight excluding hydrogens is 436 g/mol. The number of methoxy groups -OCH3 is 2. The highest BCUT2D eigenvalue weighted by Gasteiger charge is 2.17. The van der Waals surface area contributed by atoms with Crippen LogP contribution in [0.3, 0.4) is 0 Å². The third kappa shape index (κ3) is 4.97. The van der Waals surface area contributed by atoms with Gasteiger partial charge in [0.15, 0.2) is 6.61 Å². The highest BCUT2D eigenvalue weighted by molar-refractivity contribution is 9.10. The van der Waals surface area contributed by atoms with E-state index in [0.717, 1.165) is 5.56 Å². The molecular formula is C18H17BrN2O7. The summed E-state index contributed by atoms with van der Waals surface area (Å²) in [5.74, 6) is -0.431. The molecule has 9 nitrogen and oxygen atoms in total. The number of nitro benzene ring substituents is 1. The number of ether oxygens (including phenoxy) is 3. The predicted molar refractivity (Wildman–Crippen MR) is 104 cm³/mol. The SMILES string of the molecule is COc1cc(C(=O)OCC(=O)Nc2ccc([N+](=O)[O-])cc2Br)cc(OC)c1C. The standard InChI is InChI=1S/C18H17BrN2O7/c1-10-15(26-2)6-11(7-16(10)27-3)18(23)28-9-17(22)20-14-5-4-12(21(24)25)8-13(14)19/h4-8H,9H2,1-3H3,(H,20,22). The number of hydrogen-bond donors (Lipinski definition) is 1. The zero-order chi connectivity index (χ0) is 20.8. The smallest absolute Gasteiger partial charge is 0.338 e. The molecule has 0 aliphatic carbocycles. The van der Waals surface area contributed by atoms with Crippen molar-refractivity contribution in [1.29, 1.82) is 0 Å². The normalized spacial score (nSPS) is 10.1. The third-order valence-corrected chi connectivity index (χ3v) is 4.42. The number of amides is 1. The molecule has 0 bridgehead atoms. The molecule has 2 aromatic carbocycles. The first-order valence-corrected chi connectivity index (χ1v) is 8.69. The second-order valence-corrected chi connectivity index (χ2v) is 6.41. The van der Waals surface area contributed by atoms with E-state index in [1.165, 1.54) is 44.6 Å². The van der Waals surface area contributed by atoms with Gasteiger partial charge in [0.05, 0.1) is 30.4 Å². The van der Waals surface area contributed by atoms with Crippen LogP contribution < -0.4 is 14.8 Å². The fraction of sp³-hybridized carbons (Fsp3) is 0.222. The summed E-state index contributed by atoms with van der Waals surface area (Å²) in [5, 5.41) is 13.2. The molecule has 0 aliphatic rings. The Bertz CT molecular complexity index is 905. The van der Waals surface area contributed by atoms with Gasteiger partial charge in [-0.1, -0.05) is 0 Å². The van der Waals surface area contributed by atoms with Gasteiger partial charge in [-0.2, -0.15) is 0 Å². The van der Waals surface area contributed by atoms with Crippen molar-refractivity contribution in [2.75, 3.05) is 26.1 Å². The predicted octanol–water partition coefficient (Wildman–Crippen LogP) is 3.48. The Morgan fingerprint density at radius 3 is 2.25 bits per heavy atom. The van der Waals surface area contributed by atoms with Crippen LogP contribution in [-0.2, 0) is 9.53 Å². The summed E-state index contributed by atoms with van der Waals surface area (Å²) in [5.41, 5.74) is 1.08. The van der Waals surface area contributed by atoms with Crippen molar-refractivity contribution >= 4 is 39.2 Å². The van der Waals surface area contributed by atoms with Crippen molar-refractivity contribution in [3.05, 3.63) is 56.0 Å². The molecule has 0 atom stereocenters. The Balaban J connectivity index is 2.03. The van der Waals surface area contributed by atoms with Crippen molar-refractivity contribution in [2.24, 2.45) is 0 Å². The minimum absolute atomic E-state index is 0.126. The van der Waals surface area contributed by atoms with Gasteiger partial charge >= 0.3 is 5.97 Å². The van der Waals surface area contributed by atoms with E-state index in [4.69, 9.17) is 14.2 Å². The number of halogens is 1. The summed E-state index contributed by atoms with van der Waals surface area (Å²) < 4.78 is 15.7. The van der Waals surface area contributed by atoms with Crippen molar-refractivity contribution in [3.8, 4) is 11.5 Å². The lowest BCUT2D eigenvalue weighted by atomic mass is 10.1. The molecule has 0 aliphatic heterocycles. The number of nitro groups is 1. The molecule has 2 aromatic rings. The first-order chi connectivity index (χ1) is 13.3. The van der Waals surface area contributed by atoms with Gasteiger partial charge in [0.25, 0.3) is 11.6 Å². The Kier molecular flexibility index (Phi) is 6.94. The van der Waals surface area contributed by atoms with Crippen LogP contribution in [0.2, 0.25) is 0 Å². The van der Waals surface area contributed by atoms with E-state index in [1.807, 2.05) is 0 Å². The van der Waals surface area contributed by atoms with Gasteiger partial charge in [-0.15, -0.1) is 0 Å². The van der Waals surface area contributed by atoms with E-state index in [-0.39, 0.29) is 11.3 Å². The Morgan fingerprint density at radius 1 is 1.14 bits per heavy atom. The third-order valence-electron chi connectivity index (χ3n) is 3.76. The number of non-ortho nitro benzene ring substituents is 1. The number of hydrogen-bond acceptors (Lipinski definition) is 7. The molecule has 10 heteroatoms. The van der Waals surface area contributed by atoms with Crippen LogP contribution in [0.25, 0.3) is 0 Å². The molecule has 2 rings (SSSR count). The van der Waals surface area contributed by atoms with E-state index in [2.05, 4.69) is 21.2 Å². The lowest BCUT2D eigenvalue weighted by molar-refractivity contribution is -0.384. The largest absolute Gasteiger partial charge is 0.496 e. The lowest BCUT2D eigenvalue weighted by Gasteiger charge is -2.12. The van der Waals surface area contributed by atoms with Crippen LogP contribution >= 0.6 is 15.9 Å². The molecule has 1 amide bonds. The fourth-order valence-electron chi connectivity index (χ4n) is 2.32. The van der Waals surface area contributed by atoms with Crippen molar-refractivity contribution in [2.45, 2.75) is 6.92 Å². The Hall–Kier alpha value is -3.14. The number of carbonyl (C=O) groups is 2. The van der Waals surface area contributed by atoms with Gasteiger partial charge in [-0.3, -0.25) is 14.9 Å². The second kappa shape index (κ2) is 9.18. The van der Waals surface area contributed by atoms with Crippen molar-refractivity contribution in [1.82, 2.24) is 0 Å². The minimum Gasteiger partial charge on any atom is -0.496 e. The molecule has 28 heavy (non-hydrogen) atoms. The van der Waals surface area contributed by atoms with E-state index >= 15 is 0 Å². The maximum atomic E-state index is 12.2. The average molecular weight is 453 g/mol. The molecule has 0 radical (unpaired) electrons. The Morgan fingerprint density at radius 2 is 1.75 bits per heavy atom. The molecule has 148 valence electrons. The zero-order valence-corrected chi connectivity index (χ0v) is 16.9. The number of rotatable bonds is 7. The average Bonchev–Trinajstić information content (AvgIpc) is 2.67. The van der Waals surface area contributed by atoms with Gasteiger partial charge in [-0.05, 0) is 41.1 Å². The van der Waals surface area contributed by atoms with Gasteiger partial charge in [0.1, 0.15) is 11.5 Å². The number of carbonyl (C=O) groups excluding carboxylic acids is 2. The van der Waals surface area contributed by atoms with Crippen LogP contribution in [0.5, 0.6) is 11.5 Å². The topological polar surface area (TPSA) is 117 Å². The van der Waals surface area contributed by atoms with E-state index in [9.17, 15) is 19.7 Å². The second-order valence-electron chi connectivity index (χ2n) is 5.55. The summed E-state index contributed by atoms with van der Waals surface area (Å²) >= 11 is 3.14. The van der Waals surface area contributed by atoms with E-state index in [0.29, 0.717) is 21.7 Å². The number of benzene rings is 2. The van der Waals surface area contributed by atoms with Crippen LogP contribution in [0.15, 0.2) is 34.8 Å². The molecule has 0 fully saturated rings. The number of nitrogens with one attached hydrogen (secondary N) is 1. The van der Waals surface area contributed by atoms with Crippen LogP contribution in [0.4, 0.5) is 11.4 Å². The zero-order valence-electron chi connectivity index (χ0n) is 15.3. The number of nitrogens with zero attached hydrogens (tertiary/aromatic N) is 1. The summed E-state index contributed by atoms with van der Waals surface area (Å²) in [4.78, 5) is 34.4. The summed E-state index contributed by atoms with van der Waals surface area (Å²) in [6.07, 6.45) is 0. The number of esters is 1. The van der Waals surface area contributed by atoms with Gasteiger partial charge in [-0.25, -0.2) is 4.79 Å². The summed E-state index contributed by atoms with van der Waals surface area (Å²) in [6, 6.07) is 6.86. The first kappa shape index (κ1) is 21.2. The van der Waals surface area contributed by atoms with Crippen LogP contribution in [0.1, 0.15) is 15.9 Å². The minimum atomic E-state index is -0.727. The maximum absolute atomic E-state index is 12.2. The molecule has 0 saturated carbocycles. The van der Waals surface area contributed by atoms with Gasteiger partial charge in [0, 0.05) is 22.2 Å². The van der Waals surface area contributed by atoms with Crippen LogP contribution in [0, 0.1) is 17.0 Å². The van der Waals surface area contributed by atoms with E-state index in [1.54, 1.807) is 6.92 Å². The molecule has 0 unspecified atom stereocenters. The monoisotopic (exact) mass is 452 g/mol. The molecule has 0 aromatic heterocycles. The van der Waals surface area contributed by atoms with Gasteiger partial charge < -0.3 is 19.5 Å². The molecule has 1 N–H and O–H groups in total. The fourth-order valence-corrected chi connectivity index (χ4v) is 2.79. The Labute approximate surface area is 168 Å². The van der Waals surface area contributed by atoms with Gasteiger partial charge in [0.2, 0.25) is 0 Å². The molecule has 0 heterocycles. The van der Waals surface area contributed by atoms with E-state index < -0.39 is 23.4 Å². The summed E-state index contributed by atoms with van der Waals surface area (Å²) in [7, 11) is 2.93. The quantitative estimate of drug-likeness (QED) is 0.388. The first-order valence-electron chi connectivity index (χ1n) is 7.90. The maximum Gasteiger partial charge on any atom is 0.338 e. The molecule has 0 spiro atoms. The summed E-state index contributed by atoms with van der Waals surface area (Å²) in [6.45, 7) is 1.24. The van der Waals surface area contributed by atoms with Crippen molar-refractivity contribution < 1.29 is 28.7 Å². The lowest BCUT2D eigenvalue weighted by Crippen LogP contribution is -2.21. The van der Waals surface area contributed by atoms with Crippen molar-refractivity contribution in [3.63, 3.8) is 0 Å². The highest BCUT2D eigenvalue weighted by atomic mass is 79.9.